The summed E-state index contributed by atoms with van der Waals surface area (Å²) in [6, 6.07) is 15.4. The van der Waals surface area contributed by atoms with Crippen molar-refractivity contribution in [2.75, 3.05) is 5.32 Å². The molecule has 1 N–H and O–H groups in total. The number of anilines is 1. The van der Waals surface area contributed by atoms with Crippen LogP contribution in [0.4, 0.5) is 5.69 Å². The van der Waals surface area contributed by atoms with Crippen LogP contribution in [0.2, 0.25) is 0 Å². The minimum atomic E-state index is -0.260. The van der Waals surface area contributed by atoms with E-state index in [1.165, 1.54) is 22.2 Å². The second kappa shape index (κ2) is 5.90. The van der Waals surface area contributed by atoms with Crippen molar-refractivity contribution in [3.8, 4) is 0 Å². The fourth-order valence-electron chi connectivity index (χ4n) is 2.63. The van der Waals surface area contributed by atoms with E-state index in [1.807, 2.05) is 47.8 Å². The molecule has 0 aliphatic rings. The van der Waals surface area contributed by atoms with E-state index in [9.17, 15) is 9.59 Å². The van der Waals surface area contributed by atoms with Gasteiger partial charge in [0.2, 0.25) is 5.91 Å². The summed E-state index contributed by atoms with van der Waals surface area (Å²) < 4.78 is 1.32. The summed E-state index contributed by atoms with van der Waals surface area (Å²) in [5, 5.41) is 7.35. The van der Waals surface area contributed by atoms with Gasteiger partial charge < -0.3 is 5.32 Å². The molecule has 24 heavy (non-hydrogen) atoms. The summed E-state index contributed by atoms with van der Waals surface area (Å²) in [6.45, 7) is -0.0650. The summed E-state index contributed by atoms with van der Waals surface area (Å²) in [6.07, 6.45) is 1.42. The van der Waals surface area contributed by atoms with E-state index in [0.29, 0.717) is 15.9 Å². The lowest BCUT2D eigenvalue weighted by Crippen LogP contribution is -2.27. The number of hydrogen-bond donors (Lipinski definition) is 1. The number of aromatic nitrogens is 2. The molecule has 0 radical (unpaired) electrons. The van der Waals surface area contributed by atoms with Crippen LogP contribution >= 0.6 is 11.3 Å². The van der Waals surface area contributed by atoms with Gasteiger partial charge in [0.15, 0.2) is 0 Å². The first-order chi connectivity index (χ1) is 11.7. The molecule has 2 heterocycles. The largest absolute Gasteiger partial charge is 0.325 e. The Morgan fingerprint density at radius 3 is 2.83 bits per heavy atom. The Kier molecular flexibility index (Phi) is 3.59. The van der Waals surface area contributed by atoms with E-state index in [2.05, 4.69) is 10.3 Å². The first-order valence-electron chi connectivity index (χ1n) is 7.42. The van der Waals surface area contributed by atoms with Crippen LogP contribution in [0.25, 0.3) is 21.0 Å². The van der Waals surface area contributed by atoms with E-state index in [1.54, 1.807) is 6.07 Å². The van der Waals surface area contributed by atoms with Gasteiger partial charge in [0.1, 0.15) is 11.4 Å². The number of thiophene rings is 1. The third-order valence-electron chi connectivity index (χ3n) is 3.80. The lowest BCUT2D eigenvalue weighted by Gasteiger charge is -2.08. The molecule has 0 saturated carbocycles. The van der Waals surface area contributed by atoms with Gasteiger partial charge in [0.05, 0.1) is 11.7 Å². The maximum atomic E-state index is 12.3. The Morgan fingerprint density at radius 1 is 1.12 bits per heavy atom. The van der Waals surface area contributed by atoms with Crippen LogP contribution in [0.1, 0.15) is 0 Å². The number of rotatable bonds is 3. The van der Waals surface area contributed by atoms with Crippen molar-refractivity contribution in [1.29, 1.82) is 0 Å². The fraction of sp³-hybridized carbons (Fsp3) is 0.0556. The van der Waals surface area contributed by atoms with Gasteiger partial charge in [-0.15, -0.1) is 11.3 Å². The second-order valence-electron chi connectivity index (χ2n) is 5.43. The van der Waals surface area contributed by atoms with Crippen LogP contribution in [0.15, 0.2) is 65.0 Å². The molecule has 6 heteroatoms. The number of carbonyl (C=O) groups is 1. The second-order valence-corrected chi connectivity index (χ2v) is 6.32. The fourth-order valence-corrected chi connectivity index (χ4v) is 3.35. The maximum absolute atomic E-state index is 12.3. The number of carbonyl (C=O) groups excluding carboxylic acids is 1. The Hall–Kier alpha value is -2.99. The van der Waals surface area contributed by atoms with E-state index >= 15 is 0 Å². The quantitative estimate of drug-likeness (QED) is 0.625. The highest BCUT2D eigenvalue weighted by molar-refractivity contribution is 7.16. The molecule has 0 bridgehead atoms. The molecule has 0 aliphatic carbocycles. The first-order valence-corrected chi connectivity index (χ1v) is 8.30. The monoisotopic (exact) mass is 335 g/mol. The van der Waals surface area contributed by atoms with Gasteiger partial charge in [-0.1, -0.05) is 30.3 Å². The van der Waals surface area contributed by atoms with Gasteiger partial charge in [-0.3, -0.25) is 14.2 Å². The number of fused-ring (bicyclic) bond motifs is 2. The molecule has 0 atom stereocenters. The number of benzene rings is 2. The third-order valence-corrected chi connectivity index (χ3v) is 4.62. The van der Waals surface area contributed by atoms with E-state index in [0.717, 1.165) is 10.8 Å². The van der Waals surface area contributed by atoms with Crippen molar-refractivity contribution in [3.63, 3.8) is 0 Å². The molecule has 2 aromatic carbocycles. The molecule has 1 amide bonds. The first kappa shape index (κ1) is 14.6. The summed E-state index contributed by atoms with van der Waals surface area (Å²) in [5.41, 5.74) is 0.506. The Morgan fingerprint density at radius 2 is 1.96 bits per heavy atom. The minimum absolute atomic E-state index is 0.0650. The summed E-state index contributed by atoms with van der Waals surface area (Å²) in [5.74, 6) is -0.260. The lowest BCUT2D eigenvalue weighted by molar-refractivity contribution is -0.116. The molecular weight excluding hydrogens is 322 g/mol. The zero-order chi connectivity index (χ0) is 16.5. The molecule has 0 spiro atoms. The van der Waals surface area contributed by atoms with Crippen LogP contribution in [-0.4, -0.2) is 15.5 Å². The van der Waals surface area contributed by atoms with Gasteiger partial charge in [-0.25, -0.2) is 4.98 Å². The summed E-state index contributed by atoms with van der Waals surface area (Å²) >= 11 is 1.41. The molecule has 5 nitrogen and oxygen atoms in total. The van der Waals surface area contributed by atoms with Crippen LogP contribution in [0, 0.1) is 0 Å². The zero-order valence-electron chi connectivity index (χ0n) is 12.6. The number of nitrogens with zero attached hydrogens (tertiary/aromatic N) is 2. The predicted molar refractivity (Wildman–Crippen MR) is 96.5 cm³/mol. The minimum Gasteiger partial charge on any atom is -0.325 e. The van der Waals surface area contributed by atoms with Crippen molar-refractivity contribution >= 4 is 43.9 Å². The van der Waals surface area contributed by atoms with Gasteiger partial charge in [0, 0.05) is 5.69 Å². The number of nitrogens with one attached hydrogen (secondary N) is 1. The van der Waals surface area contributed by atoms with E-state index < -0.39 is 0 Å². The highest BCUT2D eigenvalue weighted by Gasteiger charge is 2.09. The molecule has 0 saturated heterocycles. The Bertz CT molecular complexity index is 1110. The smallest absolute Gasteiger partial charge is 0.262 e. The van der Waals surface area contributed by atoms with Gasteiger partial charge in [-0.2, -0.15) is 0 Å². The van der Waals surface area contributed by atoms with Crippen LogP contribution in [0.5, 0.6) is 0 Å². The Labute approximate surface area is 141 Å². The van der Waals surface area contributed by atoms with E-state index in [4.69, 9.17) is 0 Å². The predicted octanol–water partition coefficient (Wildman–Crippen LogP) is 3.25. The zero-order valence-corrected chi connectivity index (χ0v) is 13.4. The molecular formula is C18H13N3O2S. The standard InChI is InChI=1S/C18H13N3O2S/c22-16(10-21-11-19-17-15(18(21)23)7-8-24-17)20-14-6-5-12-3-1-2-4-13(12)9-14/h1-9,11H,10H2,(H,20,22). The number of amides is 1. The highest BCUT2D eigenvalue weighted by atomic mass is 32.1. The third kappa shape index (κ3) is 2.68. The van der Waals surface area contributed by atoms with Crippen LogP contribution in [-0.2, 0) is 11.3 Å². The van der Waals surface area contributed by atoms with Gasteiger partial charge >= 0.3 is 0 Å². The summed E-state index contributed by atoms with van der Waals surface area (Å²) in [7, 11) is 0. The molecule has 2 aromatic heterocycles. The average Bonchev–Trinajstić information content (AvgIpc) is 3.07. The average molecular weight is 335 g/mol. The van der Waals surface area contributed by atoms with Crippen LogP contribution < -0.4 is 10.9 Å². The SMILES string of the molecule is O=C(Cn1cnc2sccc2c1=O)Nc1ccc2ccccc2c1. The molecule has 0 unspecified atom stereocenters. The highest BCUT2D eigenvalue weighted by Crippen LogP contribution is 2.19. The van der Waals surface area contributed by atoms with Crippen molar-refractivity contribution in [1.82, 2.24) is 9.55 Å². The topological polar surface area (TPSA) is 64.0 Å². The van der Waals surface area contributed by atoms with Crippen LogP contribution in [0.3, 0.4) is 0 Å². The maximum Gasteiger partial charge on any atom is 0.262 e. The van der Waals surface area contributed by atoms with Crippen molar-refractivity contribution in [2.24, 2.45) is 0 Å². The Balaban J connectivity index is 1.56. The van der Waals surface area contributed by atoms with E-state index in [-0.39, 0.29) is 18.0 Å². The van der Waals surface area contributed by atoms with Gasteiger partial charge in [0.25, 0.3) is 5.56 Å². The molecule has 0 fully saturated rings. The number of hydrogen-bond acceptors (Lipinski definition) is 4. The van der Waals surface area contributed by atoms with Crippen molar-refractivity contribution in [3.05, 3.63) is 70.6 Å². The van der Waals surface area contributed by atoms with Crippen molar-refractivity contribution in [2.45, 2.75) is 6.54 Å². The summed E-state index contributed by atoms with van der Waals surface area (Å²) in [4.78, 5) is 29.4. The van der Waals surface area contributed by atoms with Crippen molar-refractivity contribution < 1.29 is 4.79 Å². The normalized spacial score (nSPS) is 11.0. The molecule has 118 valence electrons. The molecule has 4 aromatic rings. The lowest BCUT2D eigenvalue weighted by atomic mass is 10.1. The van der Waals surface area contributed by atoms with Gasteiger partial charge in [-0.05, 0) is 34.4 Å². The molecule has 0 aliphatic heterocycles. The molecule has 4 rings (SSSR count).